The second kappa shape index (κ2) is 9.74. The molecule has 6 heteroatoms. The summed E-state index contributed by atoms with van der Waals surface area (Å²) in [6.45, 7) is 7.51. The Morgan fingerprint density at radius 2 is 1.97 bits per heavy atom. The van der Waals surface area contributed by atoms with Gasteiger partial charge < -0.3 is 19.2 Å². The highest BCUT2D eigenvalue weighted by Gasteiger charge is 2.43. The molecular formula is C30H35NO5. The van der Waals surface area contributed by atoms with Crippen molar-refractivity contribution in [1.29, 1.82) is 0 Å². The molecular weight excluding hydrogens is 454 g/mol. The molecule has 0 bridgehead atoms. The lowest BCUT2D eigenvalue weighted by atomic mass is 9.71. The zero-order valence-corrected chi connectivity index (χ0v) is 21.4. The van der Waals surface area contributed by atoms with Crippen LogP contribution in [0.1, 0.15) is 59.9 Å². The molecule has 2 unspecified atom stereocenters. The van der Waals surface area contributed by atoms with Gasteiger partial charge in [0.05, 0.1) is 17.6 Å². The maximum atomic E-state index is 13.2. The maximum Gasteiger partial charge on any atom is 0.340 e. The predicted octanol–water partition coefficient (Wildman–Crippen LogP) is 4.99. The Kier molecular flexibility index (Phi) is 6.64. The van der Waals surface area contributed by atoms with E-state index in [1.54, 1.807) is 6.07 Å². The van der Waals surface area contributed by atoms with Gasteiger partial charge in [0.2, 0.25) is 5.91 Å². The highest BCUT2D eigenvalue weighted by molar-refractivity contribution is 5.85. The van der Waals surface area contributed by atoms with Gasteiger partial charge in [-0.2, -0.15) is 0 Å². The van der Waals surface area contributed by atoms with Crippen LogP contribution in [0.5, 0.6) is 5.75 Å². The van der Waals surface area contributed by atoms with Crippen LogP contribution in [0.15, 0.2) is 45.6 Å². The molecule has 6 nitrogen and oxygen atoms in total. The molecule has 5 rings (SSSR count). The maximum absolute atomic E-state index is 13.2. The molecule has 2 atom stereocenters. The second-order valence-electron chi connectivity index (χ2n) is 10.7. The largest absolute Gasteiger partial charge is 0.489 e. The van der Waals surface area contributed by atoms with Gasteiger partial charge in [-0.1, -0.05) is 36.6 Å². The van der Waals surface area contributed by atoms with Crippen molar-refractivity contribution in [1.82, 2.24) is 4.90 Å². The van der Waals surface area contributed by atoms with Crippen molar-refractivity contribution in [3.63, 3.8) is 0 Å². The zero-order chi connectivity index (χ0) is 25.4. The number of hydrogen-bond acceptors (Lipinski definition) is 5. The fourth-order valence-electron chi connectivity index (χ4n) is 5.85. The number of nitrogens with zero attached hydrogens (tertiary/aromatic N) is 1. The van der Waals surface area contributed by atoms with Gasteiger partial charge in [-0.15, -0.1) is 0 Å². The Morgan fingerprint density at radius 3 is 2.81 bits per heavy atom. The summed E-state index contributed by atoms with van der Waals surface area (Å²) in [4.78, 5) is 27.9. The second-order valence-corrected chi connectivity index (χ2v) is 10.7. The van der Waals surface area contributed by atoms with Crippen molar-refractivity contribution in [3.05, 3.63) is 74.6 Å². The van der Waals surface area contributed by atoms with E-state index in [1.807, 2.05) is 24.0 Å². The predicted molar refractivity (Wildman–Crippen MR) is 139 cm³/mol. The zero-order valence-electron chi connectivity index (χ0n) is 21.4. The van der Waals surface area contributed by atoms with Crippen molar-refractivity contribution in [3.8, 4) is 5.75 Å². The van der Waals surface area contributed by atoms with Gasteiger partial charge in [-0.25, -0.2) is 4.79 Å². The van der Waals surface area contributed by atoms with Crippen LogP contribution in [0.4, 0.5) is 0 Å². The highest BCUT2D eigenvalue weighted by atomic mass is 16.5. The molecule has 2 aromatic carbocycles. The van der Waals surface area contributed by atoms with Crippen LogP contribution in [-0.2, 0) is 17.8 Å². The van der Waals surface area contributed by atoms with Gasteiger partial charge >= 0.3 is 5.63 Å². The van der Waals surface area contributed by atoms with E-state index in [9.17, 15) is 14.7 Å². The van der Waals surface area contributed by atoms with E-state index < -0.39 is 11.2 Å². The van der Waals surface area contributed by atoms with Crippen LogP contribution in [0.25, 0.3) is 11.0 Å². The monoisotopic (exact) mass is 489 g/mol. The van der Waals surface area contributed by atoms with E-state index in [1.165, 1.54) is 11.1 Å². The Balaban J connectivity index is 1.31. The molecule has 1 saturated heterocycles. The third-order valence-electron chi connectivity index (χ3n) is 8.27. The normalized spacial score (nSPS) is 21.9. The summed E-state index contributed by atoms with van der Waals surface area (Å²) in [5.41, 5.74) is 3.97. The minimum atomic E-state index is -0.634. The Bertz CT molecular complexity index is 1360. The summed E-state index contributed by atoms with van der Waals surface area (Å²) in [6.07, 6.45) is 4.55. The smallest absolute Gasteiger partial charge is 0.340 e. The topological polar surface area (TPSA) is 80.0 Å². The van der Waals surface area contributed by atoms with Gasteiger partial charge in [0, 0.05) is 30.5 Å². The number of ether oxygens (including phenoxy) is 1. The number of carbonyl (C=O) groups is 1. The number of fused-ring (bicyclic) bond motifs is 2. The summed E-state index contributed by atoms with van der Waals surface area (Å²) >= 11 is 0. The van der Waals surface area contributed by atoms with Crippen LogP contribution < -0.4 is 10.4 Å². The van der Waals surface area contributed by atoms with E-state index in [4.69, 9.17) is 9.15 Å². The lowest BCUT2D eigenvalue weighted by Gasteiger charge is -2.47. The molecule has 2 fully saturated rings. The van der Waals surface area contributed by atoms with E-state index >= 15 is 0 Å². The molecule has 1 aromatic heterocycles. The molecule has 1 aliphatic carbocycles. The van der Waals surface area contributed by atoms with Crippen molar-refractivity contribution < 1.29 is 19.1 Å². The van der Waals surface area contributed by atoms with Crippen LogP contribution >= 0.6 is 0 Å². The average Bonchev–Trinajstić information content (AvgIpc) is 2.86. The van der Waals surface area contributed by atoms with Crippen molar-refractivity contribution in [2.45, 2.75) is 71.5 Å². The van der Waals surface area contributed by atoms with E-state index in [0.29, 0.717) is 43.0 Å². The van der Waals surface area contributed by atoms with Gasteiger partial charge in [0.1, 0.15) is 17.9 Å². The van der Waals surface area contributed by atoms with Gasteiger partial charge in [0.15, 0.2) is 0 Å². The standard InChI is InChI=1S/C30H35NO5/c1-19-7-8-20(2)22(14-19)18-35-24-9-10-25-21(3)26(29(33)36-27(25)15-24)16-28(32)31-13-12-30(34)11-5-4-6-23(30)17-31/h7-10,14-15,23,34H,4-6,11-13,16-18H2,1-3H3. The van der Waals surface area contributed by atoms with Crippen LogP contribution in [-0.4, -0.2) is 34.6 Å². The molecule has 2 aliphatic rings. The Morgan fingerprint density at radius 1 is 1.14 bits per heavy atom. The number of likely N-dealkylation sites (tertiary alicyclic amines) is 1. The molecule has 1 N–H and O–H groups in total. The number of carbonyl (C=O) groups excluding carboxylic acids is 1. The lowest BCUT2D eigenvalue weighted by molar-refractivity contribution is -0.142. The number of rotatable bonds is 5. The SMILES string of the molecule is Cc1ccc(C)c(COc2ccc3c(C)c(CC(=O)N4CCC5(O)CCCCC5C4)c(=O)oc3c2)c1. The third-order valence-corrected chi connectivity index (χ3v) is 8.27. The highest BCUT2D eigenvalue weighted by Crippen LogP contribution is 2.40. The molecule has 36 heavy (non-hydrogen) atoms. The fraction of sp³-hybridized carbons (Fsp3) is 0.467. The summed E-state index contributed by atoms with van der Waals surface area (Å²) in [6, 6.07) is 11.8. The number of aryl methyl sites for hydroxylation is 3. The molecule has 0 radical (unpaired) electrons. The number of aliphatic hydroxyl groups is 1. The number of piperidine rings is 1. The quantitative estimate of drug-likeness (QED) is 0.511. The Hall–Kier alpha value is -3.12. The molecule has 190 valence electrons. The molecule has 3 aromatic rings. The number of amides is 1. The third kappa shape index (κ3) is 4.79. The molecule has 1 saturated carbocycles. The van der Waals surface area contributed by atoms with Gasteiger partial charge in [-0.05, 0) is 68.9 Å². The lowest BCUT2D eigenvalue weighted by Crippen LogP contribution is -2.55. The Labute approximate surface area is 211 Å². The van der Waals surface area contributed by atoms with Crippen LogP contribution in [0, 0.1) is 26.7 Å². The van der Waals surface area contributed by atoms with Gasteiger partial charge in [0.25, 0.3) is 0 Å². The fourth-order valence-corrected chi connectivity index (χ4v) is 5.85. The van der Waals surface area contributed by atoms with E-state index in [0.717, 1.165) is 42.2 Å². The number of hydrogen-bond donors (Lipinski definition) is 1. The van der Waals surface area contributed by atoms with E-state index in [2.05, 4.69) is 32.0 Å². The summed E-state index contributed by atoms with van der Waals surface area (Å²) in [5.74, 6) is 0.675. The first-order valence-electron chi connectivity index (χ1n) is 13.0. The summed E-state index contributed by atoms with van der Waals surface area (Å²) in [5, 5.41) is 11.7. The minimum absolute atomic E-state index is 0.0140. The van der Waals surface area contributed by atoms with E-state index in [-0.39, 0.29) is 18.2 Å². The molecule has 2 heterocycles. The first kappa shape index (κ1) is 24.6. The average molecular weight is 490 g/mol. The molecule has 0 spiro atoms. The van der Waals surface area contributed by atoms with Crippen molar-refractivity contribution >= 4 is 16.9 Å². The van der Waals surface area contributed by atoms with Crippen molar-refractivity contribution in [2.24, 2.45) is 5.92 Å². The molecule has 1 amide bonds. The minimum Gasteiger partial charge on any atom is -0.489 e. The first-order chi connectivity index (χ1) is 17.2. The van der Waals surface area contributed by atoms with Crippen LogP contribution in [0.3, 0.4) is 0 Å². The summed E-state index contributed by atoms with van der Waals surface area (Å²) in [7, 11) is 0. The van der Waals surface area contributed by atoms with Crippen molar-refractivity contribution in [2.75, 3.05) is 13.1 Å². The first-order valence-corrected chi connectivity index (χ1v) is 13.0. The van der Waals surface area contributed by atoms with Gasteiger partial charge in [-0.3, -0.25) is 4.79 Å². The summed E-state index contributed by atoms with van der Waals surface area (Å²) < 4.78 is 11.7. The molecule has 1 aliphatic heterocycles. The van der Waals surface area contributed by atoms with Crippen LogP contribution in [0.2, 0.25) is 0 Å². The number of benzene rings is 2.